The van der Waals surface area contributed by atoms with E-state index in [1.807, 2.05) is 24.3 Å². The molecule has 1 saturated carbocycles. The molecule has 3 aliphatic rings. The first-order valence-corrected chi connectivity index (χ1v) is 20.0. The maximum atomic E-state index is 14.4. The molecule has 1 saturated heterocycles. The average Bonchev–Trinajstić information content (AvgIpc) is 3.64. The Balaban J connectivity index is 1.39. The normalized spacial score (nSPS) is 23.0. The van der Waals surface area contributed by atoms with E-state index in [0.717, 1.165) is 11.1 Å². The van der Waals surface area contributed by atoms with Gasteiger partial charge in [-0.05, 0) is 74.4 Å². The highest BCUT2D eigenvalue weighted by molar-refractivity contribution is 9.10. The number of nitrogens with one attached hydrogen (secondary N) is 3. The van der Waals surface area contributed by atoms with Crippen LogP contribution in [0, 0.1) is 11.3 Å². The van der Waals surface area contributed by atoms with E-state index in [0.29, 0.717) is 24.0 Å². The topological polar surface area (TPSA) is 181 Å². The van der Waals surface area contributed by atoms with Crippen molar-refractivity contribution >= 4 is 55.9 Å². The molecule has 0 radical (unpaired) electrons. The van der Waals surface area contributed by atoms with Crippen LogP contribution in [0.5, 0.6) is 0 Å². The van der Waals surface area contributed by atoms with E-state index < -0.39 is 80.6 Å². The number of carbonyl (C=O) groups excluding carboxylic acids is 5. The molecule has 5 rings (SSSR count). The van der Waals surface area contributed by atoms with Crippen LogP contribution in [0.15, 0.2) is 70.6 Å². The van der Waals surface area contributed by atoms with Crippen LogP contribution in [0.3, 0.4) is 0 Å². The van der Waals surface area contributed by atoms with Gasteiger partial charge in [-0.3, -0.25) is 14.4 Å². The van der Waals surface area contributed by atoms with Gasteiger partial charge in [0.25, 0.3) is 15.9 Å². The molecule has 2 fully saturated rings. The largest absolute Gasteiger partial charge is 0.444 e. The fourth-order valence-electron chi connectivity index (χ4n) is 6.71. The van der Waals surface area contributed by atoms with Gasteiger partial charge in [0.2, 0.25) is 11.8 Å². The third-order valence-electron chi connectivity index (χ3n) is 9.68. The van der Waals surface area contributed by atoms with Crippen LogP contribution < -0.4 is 15.4 Å². The molecular formula is C38H48BrN5O9S. The lowest BCUT2D eigenvalue weighted by Crippen LogP contribution is -2.60. The first-order valence-electron chi connectivity index (χ1n) is 17.7. The van der Waals surface area contributed by atoms with E-state index >= 15 is 0 Å². The molecule has 0 aromatic heterocycles. The van der Waals surface area contributed by atoms with Gasteiger partial charge < -0.3 is 29.9 Å². The summed E-state index contributed by atoms with van der Waals surface area (Å²) in [6.07, 6.45) is -0.334. The Labute approximate surface area is 324 Å². The Morgan fingerprint density at radius 2 is 1.65 bits per heavy atom. The van der Waals surface area contributed by atoms with E-state index in [9.17, 15) is 32.4 Å². The summed E-state index contributed by atoms with van der Waals surface area (Å²) in [5.74, 6) is -2.98. The second kappa shape index (κ2) is 15.4. The number of amides is 5. The van der Waals surface area contributed by atoms with Crippen LogP contribution in [0.1, 0.15) is 65.5 Å². The molecule has 5 atom stereocenters. The monoisotopic (exact) mass is 829 g/mol. The van der Waals surface area contributed by atoms with E-state index in [1.54, 1.807) is 46.4 Å². The fraction of sp³-hybridized carbons (Fsp3) is 0.500. The molecule has 1 aliphatic carbocycles. The number of fused-ring (bicyclic) bond motifs is 1. The van der Waals surface area contributed by atoms with Gasteiger partial charge in [0.1, 0.15) is 29.3 Å². The first-order chi connectivity index (χ1) is 25.1. The minimum Gasteiger partial charge on any atom is -0.444 e. The zero-order valence-corrected chi connectivity index (χ0v) is 33.7. The standard InChI is InChI=1S/C38H48BrN5O9S/c1-8-25-20-38(25,33(47)42-54(50,51)28-15-13-26(39)14-16-28)41-31(45)29-19-27(52-35(49)43-18-17-23-11-9-10-12-24(23)21-43)22-44(29)32(46)30(36(2,3)4)40-34(48)53-37(5,6)7/h8-16,25,27,29-30H,1,17-22H2,2-7H3,(H,40,48)(H,41,45)(H,42,47). The highest BCUT2D eigenvalue weighted by atomic mass is 79.9. The predicted octanol–water partition coefficient (Wildman–Crippen LogP) is 4.42. The number of ether oxygens (including phenoxy) is 2. The number of hydrogen-bond acceptors (Lipinski definition) is 9. The highest BCUT2D eigenvalue weighted by Gasteiger charge is 2.61. The summed E-state index contributed by atoms with van der Waals surface area (Å²) in [5, 5.41) is 5.38. The molecule has 5 unspecified atom stereocenters. The Morgan fingerprint density at radius 1 is 1.00 bits per heavy atom. The lowest BCUT2D eigenvalue weighted by atomic mass is 9.85. The maximum absolute atomic E-state index is 14.4. The average molecular weight is 831 g/mol. The second-order valence-corrected chi connectivity index (χ2v) is 18.6. The number of alkyl carbamates (subject to hydrolysis) is 1. The van der Waals surface area contributed by atoms with Crippen molar-refractivity contribution in [3.8, 4) is 0 Å². The van der Waals surface area contributed by atoms with E-state index in [1.165, 1.54) is 35.2 Å². The third-order valence-corrected chi connectivity index (χ3v) is 11.6. The molecule has 0 bridgehead atoms. The first kappa shape index (κ1) is 40.7. The van der Waals surface area contributed by atoms with Gasteiger partial charge in [-0.1, -0.05) is 67.0 Å². The molecule has 2 aliphatic heterocycles. The molecule has 2 aromatic rings. The van der Waals surface area contributed by atoms with Crippen molar-refractivity contribution in [3.05, 3.63) is 76.8 Å². The van der Waals surface area contributed by atoms with Crippen LogP contribution in [-0.2, 0) is 46.8 Å². The molecule has 54 heavy (non-hydrogen) atoms. The fourth-order valence-corrected chi connectivity index (χ4v) is 8.01. The van der Waals surface area contributed by atoms with Gasteiger partial charge in [0.15, 0.2) is 0 Å². The number of carbonyl (C=O) groups is 5. The number of likely N-dealkylation sites (tertiary alicyclic amines) is 1. The highest BCUT2D eigenvalue weighted by Crippen LogP contribution is 2.45. The van der Waals surface area contributed by atoms with Crippen LogP contribution in [0.2, 0.25) is 0 Å². The molecule has 5 amide bonds. The zero-order valence-electron chi connectivity index (χ0n) is 31.3. The molecule has 3 N–H and O–H groups in total. The van der Waals surface area contributed by atoms with E-state index in [4.69, 9.17) is 9.47 Å². The van der Waals surface area contributed by atoms with Crippen LogP contribution in [0.25, 0.3) is 0 Å². The summed E-state index contributed by atoms with van der Waals surface area (Å²) >= 11 is 3.26. The minimum absolute atomic E-state index is 0.0598. The van der Waals surface area contributed by atoms with E-state index in [-0.39, 0.29) is 24.3 Å². The van der Waals surface area contributed by atoms with Crippen LogP contribution in [0.4, 0.5) is 9.59 Å². The van der Waals surface area contributed by atoms with Crippen molar-refractivity contribution in [2.75, 3.05) is 13.1 Å². The molecule has 2 heterocycles. The van der Waals surface area contributed by atoms with E-state index in [2.05, 4.69) is 37.9 Å². The lowest BCUT2D eigenvalue weighted by Gasteiger charge is -2.36. The van der Waals surface area contributed by atoms with Gasteiger partial charge in [0, 0.05) is 29.9 Å². The Kier molecular flexibility index (Phi) is 11.6. The summed E-state index contributed by atoms with van der Waals surface area (Å²) in [7, 11) is -4.32. The Hall–Kier alpha value is -4.44. The number of hydrogen-bond donors (Lipinski definition) is 3. The van der Waals surface area contributed by atoms with Gasteiger partial charge in [-0.2, -0.15) is 0 Å². The van der Waals surface area contributed by atoms with Gasteiger partial charge in [-0.25, -0.2) is 22.7 Å². The second-order valence-electron chi connectivity index (χ2n) is 16.0. The summed E-state index contributed by atoms with van der Waals surface area (Å²) in [6.45, 7) is 14.6. The number of halogens is 1. The smallest absolute Gasteiger partial charge is 0.410 e. The SMILES string of the molecule is C=CC1CC1(NC(=O)C1CC(OC(=O)N2CCc3ccccc3C2)CN1C(=O)C(NC(=O)OC(C)(C)C)C(C)(C)C)C(=O)NS(=O)(=O)c1ccc(Br)cc1. The van der Waals surface area contributed by atoms with Crippen molar-refractivity contribution in [3.63, 3.8) is 0 Å². The zero-order chi connectivity index (χ0) is 39.8. The number of benzene rings is 2. The molecule has 0 spiro atoms. The molecule has 2 aromatic carbocycles. The molecular weight excluding hydrogens is 782 g/mol. The minimum atomic E-state index is -4.32. The van der Waals surface area contributed by atoms with Gasteiger partial charge in [-0.15, -0.1) is 6.58 Å². The number of rotatable bonds is 9. The number of nitrogens with zero attached hydrogens (tertiary/aromatic N) is 2. The Morgan fingerprint density at radius 3 is 2.24 bits per heavy atom. The van der Waals surface area contributed by atoms with Crippen molar-refractivity contribution in [1.82, 2.24) is 25.2 Å². The van der Waals surface area contributed by atoms with Crippen molar-refractivity contribution < 1.29 is 41.9 Å². The predicted molar refractivity (Wildman–Crippen MR) is 202 cm³/mol. The summed E-state index contributed by atoms with van der Waals surface area (Å²) in [4.78, 5) is 71.4. The molecule has 14 nitrogen and oxygen atoms in total. The quantitative estimate of drug-likeness (QED) is 0.309. The lowest BCUT2D eigenvalue weighted by molar-refractivity contribution is -0.143. The van der Waals surface area contributed by atoms with Gasteiger partial charge in [0.05, 0.1) is 11.4 Å². The van der Waals surface area contributed by atoms with Crippen molar-refractivity contribution in [1.29, 1.82) is 0 Å². The van der Waals surface area contributed by atoms with Crippen molar-refractivity contribution in [2.24, 2.45) is 11.3 Å². The maximum Gasteiger partial charge on any atom is 0.410 e. The van der Waals surface area contributed by atoms with Gasteiger partial charge >= 0.3 is 12.2 Å². The summed E-state index contributed by atoms with van der Waals surface area (Å²) in [5.41, 5.74) is -1.26. The Bertz CT molecular complexity index is 1930. The van der Waals surface area contributed by atoms with Crippen LogP contribution >= 0.6 is 15.9 Å². The summed E-state index contributed by atoms with van der Waals surface area (Å²) < 4.78 is 40.4. The third kappa shape index (κ3) is 9.25. The molecule has 292 valence electrons. The summed E-state index contributed by atoms with van der Waals surface area (Å²) in [6, 6.07) is 11.0. The van der Waals surface area contributed by atoms with Crippen molar-refractivity contribution in [2.45, 2.75) is 102 Å². The number of sulfonamides is 1. The molecule has 16 heteroatoms. The van der Waals surface area contributed by atoms with Crippen LogP contribution in [-0.4, -0.2) is 90.5 Å².